The summed E-state index contributed by atoms with van der Waals surface area (Å²) in [4.78, 5) is 34.1. The highest BCUT2D eigenvalue weighted by molar-refractivity contribution is 5.92. The van der Waals surface area contributed by atoms with Crippen molar-refractivity contribution in [3.05, 3.63) is 68.1 Å². The molecule has 0 saturated carbocycles. The molecule has 2 rings (SSSR count). The molecule has 0 spiro atoms. The Morgan fingerprint density at radius 3 is 2.74 bits per heavy atom. The van der Waals surface area contributed by atoms with Gasteiger partial charge in [-0.25, -0.2) is 4.68 Å². The van der Waals surface area contributed by atoms with Crippen LogP contribution in [0.2, 0.25) is 0 Å². The highest BCUT2D eigenvalue weighted by Gasteiger charge is 2.14. The zero-order chi connectivity index (χ0) is 16.8. The van der Waals surface area contributed by atoms with Crippen molar-refractivity contribution in [2.24, 2.45) is 0 Å². The van der Waals surface area contributed by atoms with Crippen molar-refractivity contribution >= 4 is 11.6 Å². The third-order valence-corrected chi connectivity index (χ3v) is 3.16. The van der Waals surface area contributed by atoms with E-state index in [0.717, 1.165) is 0 Å². The van der Waals surface area contributed by atoms with Crippen LogP contribution in [0.4, 0.5) is 5.69 Å². The summed E-state index contributed by atoms with van der Waals surface area (Å²) in [5.41, 5.74) is 0.156. The van der Waals surface area contributed by atoms with Crippen LogP contribution in [-0.4, -0.2) is 20.6 Å². The van der Waals surface area contributed by atoms with Gasteiger partial charge in [-0.2, -0.15) is 5.10 Å². The molecule has 1 heterocycles. The zero-order valence-corrected chi connectivity index (χ0v) is 12.6. The molecule has 0 bridgehead atoms. The fourth-order valence-electron chi connectivity index (χ4n) is 2.05. The lowest BCUT2D eigenvalue weighted by atomic mass is 10.2. The molecule has 1 aromatic carbocycles. The summed E-state index contributed by atoms with van der Waals surface area (Å²) in [7, 11) is 0. The first-order valence-corrected chi connectivity index (χ1v) is 7.11. The maximum absolute atomic E-state index is 12.1. The molecule has 23 heavy (non-hydrogen) atoms. The molecule has 0 atom stereocenters. The van der Waals surface area contributed by atoms with Gasteiger partial charge in [0.15, 0.2) is 0 Å². The van der Waals surface area contributed by atoms with Crippen LogP contribution in [0.25, 0.3) is 0 Å². The summed E-state index contributed by atoms with van der Waals surface area (Å²) in [6.07, 6.45) is 0.716. The molecule has 0 fully saturated rings. The Kier molecular flexibility index (Phi) is 5.19. The van der Waals surface area contributed by atoms with E-state index in [1.807, 2.05) is 6.92 Å². The van der Waals surface area contributed by atoms with Crippen LogP contribution in [0.5, 0.6) is 0 Å². The molecular weight excluding hydrogens is 300 g/mol. The molecule has 0 saturated heterocycles. The fourth-order valence-corrected chi connectivity index (χ4v) is 2.05. The molecule has 8 nitrogen and oxygen atoms in total. The largest absolute Gasteiger partial charge is 0.346 e. The first kappa shape index (κ1) is 16.3. The van der Waals surface area contributed by atoms with Gasteiger partial charge in [0, 0.05) is 30.8 Å². The maximum atomic E-state index is 12.1. The Morgan fingerprint density at radius 1 is 1.30 bits per heavy atom. The average molecular weight is 316 g/mol. The number of nitro benzene ring substituents is 1. The van der Waals surface area contributed by atoms with Crippen LogP contribution in [0, 0.1) is 10.1 Å². The van der Waals surface area contributed by atoms with Gasteiger partial charge in [0.05, 0.1) is 4.92 Å². The molecule has 120 valence electrons. The van der Waals surface area contributed by atoms with Gasteiger partial charge in [-0.1, -0.05) is 25.1 Å². The molecule has 0 aliphatic carbocycles. The predicted octanol–water partition coefficient (Wildman–Crippen LogP) is 1.49. The summed E-state index contributed by atoms with van der Waals surface area (Å²) >= 11 is 0. The zero-order valence-electron chi connectivity index (χ0n) is 12.6. The molecule has 0 aliphatic rings. The number of nitrogens with one attached hydrogen (secondary N) is 1. The SMILES string of the molecule is CCCn1nc(C(=O)NCc2ccccc2[N+](=O)[O-])ccc1=O. The number of para-hydroxylation sites is 1. The van der Waals surface area contributed by atoms with Crippen molar-refractivity contribution in [2.75, 3.05) is 0 Å². The van der Waals surface area contributed by atoms with E-state index in [9.17, 15) is 19.7 Å². The molecule has 1 aromatic heterocycles. The Morgan fingerprint density at radius 2 is 2.04 bits per heavy atom. The lowest BCUT2D eigenvalue weighted by molar-refractivity contribution is -0.385. The summed E-state index contributed by atoms with van der Waals surface area (Å²) in [6.45, 7) is 2.32. The van der Waals surface area contributed by atoms with Gasteiger partial charge in [-0.3, -0.25) is 19.7 Å². The van der Waals surface area contributed by atoms with Gasteiger partial charge in [0.1, 0.15) is 5.69 Å². The molecule has 0 aliphatic heterocycles. The predicted molar refractivity (Wildman–Crippen MR) is 83.1 cm³/mol. The number of carbonyl (C=O) groups is 1. The number of nitro groups is 1. The molecule has 0 radical (unpaired) electrons. The minimum atomic E-state index is -0.499. The second-order valence-corrected chi connectivity index (χ2v) is 4.85. The topological polar surface area (TPSA) is 107 Å². The van der Waals surface area contributed by atoms with Gasteiger partial charge in [0.2, 0.25) is 0 Å². The van der Waals surface area contributed by atoms with Gasteiger partial charge in [-0.05, 0) is 12.5 Å². The lowest BCUT2D eigenvalue weighted by Gasteiger charge is -2.07. The number of hydrogen-bond acceptors (Lipinski definition) is 5. The number of nitrogens with zero attached hydrogens (tertiary/aromatic N) is 3. The second kappa shape index (κ2) is 7.30. The van der Waals surface area contributed by atoms with Crippen LogP contribution in [0.15, 0.2) is 41.2 Å². The number of hydrogen-bond donors (Lipinski definition) is 1. The van der Waals surface area contributed by atoms with E-state index in [2.05, 4.69) is 10.4 Å². The number of carbonyl (C=O) groups excluding carboxylic acids is 1. The number of rotatable bonds is 6. The average Bonchev–Trinajstić information content (AvgIpc) is 2.55. The normalized spacial score (nSPS) is 10.3. The molecule has 1 amide bonds. The molecule has 2 aromatic rings. The van der Waals surface area contributed by atoms with Crippen molar-refractivity contribution in [2.45, 2.75) is 26.4 Å². The van der Waals surface area contributed by atoms with Crippen molar-refractivity contribution in [3.63, 3.8) is 0 Å². The molecule has 1 N–H and O–H groups in total. The Balaban J connectivity index is 2.13. The van der Waals surface area contributed by atoms with Crippen LogP contribution in [0.3, 0.4) is 0 Å². The van der Waals surface area contributed by atoms with Crippen LogP contribution >= 0.6 is 0 Å². The number of benzene rings is 1. The standard InChI is InChI=1S/C15H16N4O4/c1-2-9-18-14(20)8-7-12(17-18)15(21)16-10-11-5-3-4-6-13(11)19(22)23/h3-8H,2,9-10H2,1H3,(H,16,21). The van der Waals surface area contributed by atoms with Gasteiger partial charge < -0.3 is 5.32 Å². The summed E-state index contributed by atoms with van der Waals surface area (Å²) in [5.74, 6) is -0.493. The van der Waals surface area contributed by atoms with Crippen molar-refractivity contribution in [1.82, 2.24) is 15.1 Å². The monoisotopic (exact) mass is 316 g/mol. The van der Waals surface area contributed by atoms with E-state index in [0.29, 0.717) is 18.5 Å². The quantitative estimate of drug-likeness (QED) is 0.642. The van der Waals surface area contributed by atoms with Gasteiger partial charge >= 0.3 is 0 Å². The highest BCUT2D eigenvalue weighted by atomic mass is 16.6. The maximum Gasteiger partial charge on any atom is 0.274 e. The van der Waals surface area contributed by atoms with Crippen LogP contribution in [0.1, 0.15) is 29.4 Å². The Labute approximate surface area is 131 Å². The molecular formula is C15H16N4O4. The van der Waals surface area contributed by atoms with Crippen LogP contribution < -0.4 is 10.9 Å². The summed E-state index contributed by atoms with van der Waals surface area (Å²) < 4.78 is 1.22. The van der Waals surface area contributed by atoms with E-state index in [1.54, 1.807) is 18.2 Å². The number of aryl methyl sites for hydroxylation is 1. The Bertz CT molecular complexity index is 785. The summed E-state index contributed by atoms with van der Waals surface area (Å²) in [5, 5.41) is 17.5. The third kappa shape index (κ3) is 4.00. The van der Waals surface area contributed by atoms with Crippen molar-refractivity contribution in [3.8, 4) is 0 Å². The number of aromatic nitrogens is 2. The smallest absolute Gasteiger partial charge is 0.274 e. The molecule has 0 unspecified atom stereocenters. The van der Waals surface area contributed by atoms with E-state index in [-0.39, 0.29) is 23.5 Å². The van der Waals surface area contributed by atoms with Crippen LogP contribution in [-0.2, 0) is 13.1 Å². The van der Waals surface area contributed by atoms with E-state index in [1.165, 1.54) is 22.9 Å². The van der Waals surface area contributed by atoms with Gasteiger partial charge in [0.25, 0.3) is 17.2 Å². The Hall–Kier alpha value is -3.03. The first-order valence-electron chi connectivity index (χ1n) is 7.11. The van der Waals surface area contributed by atoms with E-state index >= 15 is 0 Å². The van der Waals surface area contributed by atoms with Gasteiger partial charge in [-0.15, -0.1) is 0 Å². The first-order chi connectivity index (χ1) is 11.0. The van der Waals surface area contributed by atoms with E-state index < -0.39 is 10.8 Å². The van der Waals surface area contributed by atoms with Crippen molar-refractivity contribution < 1.29 is 9.72 Å². The van der Waals surface area contributed by atoms with E-state index in [4.69, 9.17) is 0 Å². The second-order valence-electron chi connectivity index (χ2n) is 4.85. The van der Waals surface area contributed by atoms with Crippen molar-refractivity contribution in [1.29, 1.82) is 0 Å². The third-order valence-electron chi connectivity index (χ3n) is 3.16. The lowest BCUT2D eigenvalue weighted by Crippen LogP contribution is -2.29. The minimum absolute atomic E-state index is 0.00453. The number of amides is 1. The highest BCUT2D eigenvalue weighted by Crippen LogP contribution is 2.17. The minimum Gasteiger partial charge on any atom is -0.346 e. The fraction of sp³-hybridized carbons (Fsp3) is 0.267. The summed E-state index contributed by atoms with van der Waals surface area (Å²) in [6, 6.07) is 8.79. The molecule has 8 heteroatoms.